The molecule has 592 valence electrons. The summed E-state index contributed by atoms with van der Waals surface area (Å²) in [5, 5.41) is 20.5. The first-order valence-electron chi connectivity index (χ1n) is 32.6. The third-order valence-electron chi connectivity index (χ3n) is 15.7. The molecule has 6 N–H and O–H groups in total. The van der Waals surface area contributed by atoms with E-state index in [2.05, 4.69) is 110 Å². The molecule has 1 aliphatic heterocycles. The molecule has 1 fully saturated rings. The zero-order chi connectivity index (χ0) is 73.0. The van der Waals surface area contributed by atoms with E-state index in [9.17, 15) is 27.0 Å². The highest BCUT2D eigenvalue weighted by Crippen LogP contribution is 2.38. The maximum atomic E-state index is 13.7. The number of amides is 2. The molecule has 31 heteroatoms. The van der Waals surface area contributed by atoms with Crippen molar-refractivity contribution >= 4 is 159 Å². The van der Waals surface area contributed by atoms with E-state index >= 15 is 0 Å². The second-order valence-corrected chi connectivity index (χ2v) is 43.5. The zero-order valence-electron chi connectivity index (χ0n) is 63.9. The molecular formula is C72H130N8O11S10Si2. The number of nitrogens with two attached hydrogens (primary N) is 2. The van der Waals surface area contributed by atoms with E-state index in [1.54, 1.807) is 39.1 Å². The van der Waals surface area contributed by atoms with Gasteiger partial charge in [-0.15, -0.1) is 28.5 Å². The van der Waals surface area contributed by atoms with Gasteiger partial charge in [0.25, 0.3) is 0 Å². The molecular weight excluding hydrogens is 1530 g/mol. The van der Waals surface area contributed by atoms with E-state index in [4.69, 9.17) is 34.3 Å². The molecule has 0 spiro atoms. The second-order valence-electron chi connectivity index (χ2n) is 27.2. The van der Waals surface area contributed by atoms with Crippen LogP contribution in [-0.2, 0) is 48.7 Å². The number of imidazole rings is 1. The van der Waals surface area contributed by atoms with Crippen LogP contribution in [0.15, 0.2) is 191 Å². The van der Waals surface area contributed by atoms with Crippen molar-refractivity contribution in [2.75, 3.05) is 30.5 Å². The first-order chi connectivity index (χ1) is 44.6. The molecule has 0 aliphatic carbocycles. The Hall–Kier alpha value is -3.75. The average molecular weight is 1660 g/mol. The number of hydrogen-bond acceptors (Lipinski definition) is 13. The normalized spacial score (nSPS) is 15.0. The lowest BCUT2D eigenvalue weighted by atomic mass is 10.1. The molecule has 1 aliphatic rings. The standard InChI is InChI=1S/C21H36N2O3SSi.C15H22N2O3S.C12H12N2O2.C12H28N2OSSi.C8H10O.C4H8O.7H2S/c1-9-13-17(2)16-27(25,23-28(7,8)21(4,5)6)22-20(24)26-18(3)19-14-11-10-12-15-19;1-4-8-12(2)11-21(16,19)17-15(18)20-13(3)14-9-6-5-7-10-14;1-10(11-5-3-2-4-6-11)16-12(15)14-8-7-13-9-14;1-8-9-11(2)10-16(13,15)14-17(6,7)12(3,4)5;1-7(9)8-5-3-2-4-6-8;1-2-4-5-3-1;;;;;;;/h9-12,14-15,17-18H,1,13,16H2,2-8H3,(H,22,23,24,25);4-7,9-10,12-13H,1,8,11H2,2-3H3,(H2,16,17,18,19);2-10H,1H3;8,11H,1,9-10H2,2-7H3,(H2,13,14,15);2-7,9H,1H3;1-4H2;7*1H2/t17-,18-,27?;12-,13-,21?;10-;11-,16?;7-;;;;;;;;/m00000......../s1. The first kappa shape index (κ1) is 113. The minimum absolute atomic E-state index is 0. The fraction of sp³-hybridized carbons (Fsp3) is 0.500. The van der Waals surface area contributed by atoms with Crippen molar-refractivity contribution in [2.24, 2.45) is 40.8 Å². The third-order valence-corrected chi connectivity index (χ3v) is 33.5. The number of carbonyl (C=O) groups excluding carboxylic acids is 3. The summed E-state index contributed by atoms with van der Waals surface area (Å²) in [6.07, 6.45) is 11.0. The van der Waals surface area contributed by atoms with Gasteiger partial charge < -0.3 is 24.1 Å². The predicted molar refractivity (Wildman–Crippen MR) is 476 cm³/mol. The average Bonchev–Trinajstić information content (AvgIpc) is 1.56. The summed E-state index contributed by atoms with van der Waals surface area (Å²) in [7, 11) is -12.7. The fourth-order valence-corrected chi connectivity index (χ4v) is 21.3. The number of aliphatic hydroxyl groups is 1. The molecule has 2 heterocycles. The number of aliphatic hydroxyl groups excluding tert-OH is 1. The summed E-state index contributed by atoms with van der Waals surface area (Å²) in [5.41, 5.74) is 3.65. The van der Waals surface area contributed by atoms with Crippen molar-refractivity contribution in [1.82, 2.24) is 13.9 Å². The van der Waals surface area contributed by atoms with Gasteiger partial charge in [0.05, 0.1) is 16.0 Å². The van der Waals surface area contributed by atoms with Gasteiger partial charge in [0.2, 0.25) is 0 Å². The predicted octanol–water partition coefficient (Wildman–Crippen LogP) is 19.0. The molecule has 4 aromatic carbocycles. The number of aromatic nitrogens is 2. The number of rotatable bonds is 22. The van der Waals surface area contributed by atoms with Crippen LogP contribution >= 0.6 is 94.5 Å². The molecule has 2 amide bonds. The maximum Gasteiger partial charge on any atom is 0.443 e. The smallest absolute Gasteiger partial charge is 0.441 e. The lowest BCUT2D eigenvalue weighted by Crippen LogP contribution is -2.55. The second kappa shape index (κ2) is 56.5. The Morgan fingerprint density at radius 2 is 0.903 bits per heavy atom. The minimum atomic E-state index is -3.08. The summed E-state index contributed by atoms with van der Waals surface area (Å²) >= 11 is 0. The first-order valence-corrected chi connectivity index (χ1v) is 43.7. The number of nitrogens with zero attached hydrogens (tertiary/aromatic N) is 5. The van der Waals surface area contributed by atoms with Crippen LogP contribution in [0.2, 0.25) is 36.3 Å². The van der Waals surface area contributed by atoms with Gasteiger partial charge in [0.1, 0.15) is 52.7 Å². The van der Waals surface area contributed by atoms with Crippen LogP contribution < -0.4 is 14.7 Å². The van der Waals surface area contributed by atoms with Gasteiger partial charge in [-0.1, -0.05) is 215 Å². The Balaban J connectivity index is -0.000000222. The molecule has 6 rings (SSSR count). The lowest BCUT2D eigenvalue weighted by molar-refractivity contribution is 0.108. The molecule has 5 aromatic rings. The van der Waals surface area contributed by atoms with E-state index < -0.39 is 76.7 Å². The van der Waals surface area contributed by atoms with E-state index in [0.29, 0.717) is 18.6 Å². The van der Waals surface area contributed by atoms with Crippen LogP contribution in [0.25, 0.3) is 0 Å². The molecule has 0 bridgehead atoms. The van der Waals surface area contributed by atoms with E-state index in [1.165, 1.54) is 29.9 Å². The molecule has 0 radical (unpaired) electrons. The Labute approximate surface area is 672 Å². The highest BCUT2D eigenvalue weighted by atomic mass is 32.2. The van der Waals surface area contributed by atoms with Gasteiger partial charge >= 0.3 is 18.3 Å². The Morgan fingerprint density at radius 1 is 0.563 bits per heavy atom. The van der Waals surface area contributed by atoms with Crippen LogP contribution in [-0.4, -0.2) is 92.5 Å². The topological polar surface area (TPSA) is 279 Å². The molecule has 1 saturated heterocycles. The Morgan fingerprint density at radius 3 is 1.20 bits per heavy atom. The van der Waals surface area contributed by atoms with Gasteiger partial charge in [-0.3, -0.25) is 8.42 Å². The van der Waals surface area contributed by atoms with Gasteiger partial charge in [-0.2, -0.15) is 94.5 Å². The number of hydrogen-bond donors (Lipinski definition) is 4. The molecule has 0 saturated carbocycles. The van der Waals surface area contributed by atoms with E-state index in [0.717, 1.165) is 41.9 Å². The zero-order valence-corrected chi connectivity index (χ0v) is 75.3. The van der Waals surface area contributed by atoms with Crippen molar-refractivity contribution in [3.63, 3.8) is 0 Å². The number of ether oxygens (including phenoxy) is 4. The van der Waals surface area contributed by atoms with Crippen molar-refractivity contribution in [2.45, 2.75) is 183 Å². The quantitative estimate of drug-likeness (QED) is 0.0286. The van der Waals surface area contributed by atoms with E-state index in [-0.39, 0.29) is 146 Å². The largest absolute Gasteiger partial charge is 0.443 e. The van der Waals surface area contributed by atoms with Crippen LogP contribution in [0.4, 0.5) is 14.4 Å². The summed E-state index contributed by atoms with van der Waals surface area (Å²) in [4.78, 5) is 39.6. The minimum Gasteiger partial charge on any atom is -0.441 e. The summed E-state index contributed by atoms with van der Waals surface area (Å²) < 4.78 is 75.6. The third kappa shape index (κ3) is 49.0. The highest BCUT2D eigenvalue weighted by Gasteiger charge is 2.39. The molecule has 3 unspecified atom stereocenters. The summed E-state index contributed by atoms with van der Waals surface area (Å²) in [6, 6.07) is 37.9. The number of benzene rings is 4. The highest BCUT2D eigenvalue weighted by molar-refractivity contribution is 7.93. The number of nitrogens with one attached hydrogen (secondary N) is 1. The van der Waals surface area contributed by atoms with Crippen molar-refractivity contribution in [3.8, 4) is 0 Å². The van der Waals surface area contributed by atoms with Crippen molar-refractivity contribution < 1.29 is 51.1 Å². The van der Waals surface area contributed by atoms with Crippen LogP contribution in [0, 0.1) is 17.8 Å². The SMILES string of the molecule is C1CCOC1.C=CC[C@H](C)CS(=O)(=NC(=O)O[C@@H](C)c1ccccc1)N[Si](C)(C)C(C)(C)C.C=CC[C@H](C)CS(N)(=O)=NC(=O)O[C@@H](C)c1ccccc1.C=CC[C@H](C)CS(N)(=O)=N[Si](C)(C)C(C)(C)C.C[C@H](O)c1ccccc1.C[C@H](OC(=O)n1ccnc1)c1ccccc1.S.S.S.S.S.S.S. The molecule has 19 nitrogen and oxygen atoms in total. The van der Waals surface area contributed by atoms with E-state index in [1.807, 2.05) is 155 Å². The summed E-state index contributed by atoms with van der Waals surface area (Å²) in [5.74, 6) is 1.28. The monoisotopic (exact) mass is 1660 g/mol. The van der Waals surface area contributed by atoms with Gasteiger partial charge in [0, 0.05) is 42.9 Å². The van der Waals surface area contributed by atoms with Crippen molar-refractivity contribution in [1.29, 1.82) is 0 Å². The molecule has 103 heavy (non-hydrogen) atoms. The van der Waals surface area contributed by atoms with Gasteiger partial charge in [-0.05, 0) is 123 Å². The van der Waals surface area contributed by atoms with Crippen LogP contribution in [0.1, 0.15) is 169 Å². The number of allylic oxidation sites excluding steroid dienone is 3. The van der Waals surface area contributed by atoms with Crippen LogP contribution in [0.3, 0.4) is 0 Å². The molecule has 10 atom stereocenters. The number of carbonyl (C=O) groups is 3. The molecule has 1 aromatic heterocycles. The van der Waals surface area contributed by atoms with Gasteiger partial charge in [0.15, 0.2) is 8.24 Å². The van der Waals surface area contributed by atoms with Crippen molar-refractivity contribution in [3.05, 3.63) is 200 Å². The fourth-order valence-electron chi connectivity index (χ4n) is 8.30. The van der Waals surface area contributed by atoms with Crippen LogP contribution in [0.5, 0.6) is 0 Å². The summed E-state index contributed by atoms with van der Waals surface area (Å²) in [6.45, 7) is 47.3. The van der Waals surface area contributed by atoms with Gasteiger partial charge in [-0.25, -0.2) is 46.8 Å². The lowest BCUT2D eigenvalue weighted by Gasteiger charge is -2.38. The maximum absolute atomic E-state index is 13.7. The Bertz CT molecular complexity index is 3490. The Kier molecular flexibility index (Phi) is 61.8.